The van der Waals surface area contributed by atoms with E-state index >= 15 is 0 Å². The van der Waals surface area contributed by atoms with Crippen LogP contribution in [-0.2, 0) is 6.42 Å². The first-order chi connectivity index (χ1) is 9.69. The van der Waals surface area contributed by atoms with E-state index in [0.717, 1.165) is 17.1 Å². The second-order valence-electron chi connectivity index (χ2n) is 5.18. The average Bonchev–Trinajstić information content (AvgIpc) is 2.98. The highest BCUT2D eigenvalue weighted by Gasteiger charge is 2.16. The van der Waals surface area contributed by atoms with Crippen molar-refractivity contribution >= 4 is 16.3 Å². The molecule has 104 valence electrons. The summed E-state index contributed by atoms with van der Waals surface area (Å²) in [5.41, 5.74) is 5.21. The summed E-state index contributed by atoms with van der Waals surface area (Å²) >= 11 is 1.68. The predicted octanol–water partition coefficient (Wildman–Crippen LogP) is 3.52. The van der Waals surface area contributed by atoms with Gasteiger partial charge in [-0.15, -0.1) is 11.3 Å². The Morgan fingerprint density at radius 1 is 1.30 bits per heavy atom. The van der Waals surface area contributed by atoms with Crippen molar-refractivity contribution in [1.29, 1.82) is 0 Å². The molecule has 3 aromatic rings. The Bertz CT molecular complexity index is 677. The van der Waals surface area contributed by atoms with E-state index in [-0.39, 0.29) is 0 Å². The van der Waals surface area contributed by atoms with Crippen molar-refractivity contribution in [2.75, 3.05) is 7.05 Å². The maximum atomic E-state index is 4.69. The van der Waals surface area contributed by atoms with Gasteiger partial charge in [0, 0.05) is 30.2 Å². The van der Waals surface area contributed by atoms with Gasteiger partial charge in [0.1, 0.15) is 0 Å². The summed E-state index contributed by atoms with van der Waals surface area (Å²) in [4.78, 5) is 5.75. The van der Waals surface area contributed by atoms with E-state index in [2.05, 4.69) is 64.5 Å². The highest BCUT2D eigenvalue weighted by atomic mass is 32.1. The van der Waals surface area contributed by atoms with Crippen molar-refractivity contribution in [3.8, 4) is 0 Å². The number of nitrogens with zero attached hydrogens (tertiary/aromatic N) is 2. The summed E-state index contributed by atoms with van der Waals surface area (Å²) in [6.45, 7) is 4.36. The molecule has 0 bridgehead atoms. The van der Waals surface area contributed by atoms with E-state index in [9.17, 15) is 0 Å². The lowest BCUT2D eigenvalue weighted by molar-refractivity contribution is 0.580. The van der Waals surface area contributed by atoms with Gasteiger partial charge in [-0.05, 0) is 37.6 Å². The number of benzene rings is 1. The summed E-state index contributed by atoms with van der Waals surface area (Å²) < 4.78 is 2.09. The molecule has 4 heteroatoms. The Labute approximate surface area is 123 Å². The smallest absolute Gasteiger partial charge is 0.193 e. The van der Waals surface area contributed by atoms with Gasteiger partial charge in [0.05, 0.1) is 5.69 Å². The number of aromatic nitrogens is 2. The fraction of sp³-hybridized carbons (Fsp3) is 0.312. The quantitative estimate of drug-likeness (QED) is 0.795. The molecule has 2 aromatic heterocycles. The van der Waals surface area contributed by atoms with E-state index in [1.54, 1.807) is 11.3 Å². The van der Waals surface area contributed by atoms with Crippen LogP contribution in [0, 0.1) is 13.8 Å². The molecular formula is C16H19N3S. The molecule has 0 aliphatic heterocycles. The van der Waals surface area contributed by atoms with Crippen LogP contribution >= 0.6 is 11.3 Å². The number of imidazole rings is 1. The minimum Gasteiger partial charge on any atom is -0.313 e. The van der Waals surface area contributed by atoms with E-state index in [0.29, 0.717) is 6.04 Å². The highest BCUT2D eigenvalue weighted by Crippen LogP contribution is 2.25. The molecule has 0 radical (unpaired) electrons. The van der Waals surface area contributed by atoms with Crippen LogP contribution < -0.4 is 5.32 Å². The minimum absolute atomic E-state index is 0.306. The van der Waals surface area contributed by atoms with Crippen molar-refractivity contribution < 1.29 is 0 Å². The fourth-order valence-corrected chi connectivity index (χ4v) is 3.53. The minimum atomic E-state index is 0.306. The van der Waals surface area contributed by atoms with E-state index in [1.807, 2.05) is 7.05 Å². The third-order valence-electron chi connectivity index (χ3n) is 3.80. The van der Waals surface area contributed by atoms with Gasteiger partial charge in [0.15, 0.2) is 4.96 Å². The van der Waals surface area contributed by atoms with Crippen molar-refractivity contribution in [2.45, 2.75) is 26.3 Å². The Kier molecular flexibility index (Phi) is 3.59. The van der Waals surface area contributed by atoms with Crippen molar-refractivity contribution in [3.05, 3.63) is 58.4 Å². The van der Waals surface area contributed by atoms with Crippen LogP contribution in [-0.4, -0.2) is 16.4 Å². The van der Waals surface area contributed by atoms with Gasteiger partial charge in [-0.1, -0.05) is 18.2 Å². The van der Waals surface area contributed by atoms with Gasteiger partial charge in [0.2, 0.25) is 0 Å². The van der Waals surface area contributed by atoms with Gasteiger partial charge in [-0.2, -0.15) is 0 Å². The van der Waals surface area contributed by atoms with Crippen LogP contribution in [0.1, 0.15) is 28.4 Å². The molecule has 1 aromatic carbocycles. The largest absolute Gasteiger partial charge is 0.313 e. The summed E-state index contributed by atoms with van der Waals surface area (Å²) in [5.74, 6) is 0. The van der Waals surface area contributed by atoms with Crippen molar-refractivity contribution in [3.63, 3.8) is 0 Å². The molecule has 1 atom stereocenters. The monoisotopic (exact) mass is 285 g/mol. The zero-order valence-electron chi connectivity index (χ0n) is 12.1. The first-order valence-corrected chi connectivity index (χ1v) is 7.71. The van der Waals surface area contributed by atoms with Crippen LogP contribution in [0.4, 0.5) is 0 Å². The fourth-order valence-electron chi connectivity index (χ4n) is 2.81. The van der Waals surface area contributed by atoms with E-state index in [4.69, 9.17) is 0 Å². The Hall–Kier alpha value is -1.65. The number of fused-ring (bicyclic) bond motifs is 1. The molecule has 3 nitrogen and oxygen atoms in total. The van der Waals surface area contributed by atoms with Crippen LogP contribution in [0.3, 0.4) is 0 Å². The molecule has 0 fully saturated rings. The van der Waals surface area contributed by atoms with Crippen LogP contribution in [0.2, 0.25) is 0 Å². The Morgan fingerprint density at radius 3 is 2.70 bits per heavy atom. The molecule has 0 saturated heterocycles. The van der Waals surface area contributed by atoms with Crippen LogP contribution in [0.25, 0.3) is 4.96 Å². The summed E-state index contributed by atoms with van der Waals surface area (Å²) in [6.07, 6.45) is 5.10. The molecule has 2 heterocycles. The maximum absolute atomic E-state index is 4.69. The lowest BCUT2D eigenvalue weighted by Crippen LogP contribution is -2.21. The van der Waals surface area contributed by atoms with Gasteiger partial charge >= 0.3 is 0 Å². The van der Waals surface area contributed by atoms with E-state index in [1.165, 1.54) is 16.7 Å². The Balaban J connectivity index is 1.92. The molecule has 0 saturated carbocycles. The topological polar surface area (TPSA) is 29.3 Å². The lowest BCUT2D eigenvalue weighted by atomic mass is 9.93. The predicted molar refractivity (Wildman–Crippen MR) is 84.5 cm³/mol. The number of likely N-dealkylation sites (N-methyl/N-ethyl adjacent to an activating group) is 1. The second kappa shape index (κ2) is 5.38. The van der Waals surface area contributed by atoms with E-state index < -0.39 is 0 Å². The van der Waals surface area contributed by atoms with Gasteiger partial charge in [0.25, 0.3) is 0 Å². The molecule has 0 spiro atoms. The highest BCUT2D eigenvalue weighted by molar-refractivity contribution is 7.15. The molecule has 0 aliphatic carbocycles. The second-order valence-corrected chi connectivity index (χ2v) is 6.05. The summed E-state index contributed by atoms with van der Waals surface area (Å²) in [6, 6.07) is 6.78. The van der Waals surface area contributed by atoms with Gasteiger partial charge < -0.3 is 5.32 Å². The lowest BCUT2D eigenvalue weighted by Gasteiger charge is -2.20. The zero-order chi connectivity index (χ0) is 14.1. The molecule has 20 heavy (non-hydrogen) atoms. The third kappa shape index (κ3) is 2.37. The van der Waals surface area contributed by atoms with Gasteiger partial charge in [-0.25, -0.2) is 4.98 Å². The summed E-state index contributed by atoms with van der Waals surface area (Å²) in [5, 5.41) is 5.50. The number of thiazole rings is 1. The van der Waals surface area contributed by atoms with Crippen LogP contribution in [0.15, 0.2) is 36.0 Å². The maximum Gasteiger partial charge on any atom is 0.193 e. The number of aryl methyl sites for hydroxylation is 2. The van der Waals surface area contributed by atoms with Gasteiger partial charge in [-0.3, -0.25) is 4.40 Å². The normalized spacial score (nSPS) is 12.9. The zero-order valence-corrected chi connectivity index (χ0v) is 12.9. The number of rotatable bonds is 4. The standard InChI is InChI=1S/C16H19N3S/c1-11-5-4-6-12(2)15(11)14(17-3)9-13-10-19-7-8-20-16(19)18-13/h4-8,10,14,17H,9H2,1-3H3. The first kappa shape index (κ1) is 13.3. The summed E-state index contributed by atoms with van der Waals surface area (Å²) in [7, 11) is 2.02. The molecule has 3 rings (SSSR count). The number of hydrogen-bond acceptors (Lipinski definition) is 3. The molecule has 1 unspecified atom stereocenters. The number of nitrogens with one attached hydrogen (secondary N) is 1. The molecule has 0 aliphatic rings. The molecule has 1 N–H and O–H groups in total. The third-order valence-corrected chi connectivity index (χ3v) is 4.57. The Morgan fingerprint density at radius 2 is 2.05 bits per heavy atom. The molecular weight excluding hydrogens is 266 g/mol. The average molecular weight is 285 g/mol. The molecule has 0 amide bonds. The van der Waals surface area contributed by atoms with Crippen molar-refractivity contribution in [2.24, 2.45) is 0 Å². The first-order valence-electron chi connectivity index (χ1n) is 6.83. The number of hydrogen-bond donors (Lipinski definition) is 1. The van der Waals surface area contributed by atoms with Crippen molar-refractivity contribution in [1.82, 2.24) is 14.7 Å². The van der Waals surface area contributed by atoms with Crippen LogP contribution in [0.5, 0.6) is 0 Å². The SMILES string of the molecule is CNC(Cc1cn2ccsc2n1)c1c(C)cccc1C.